The number of nitrogens with one attached hydrogen (secondary N) is 1. The van der Waals surface area contributed by atoms with Gasteiger partial charge in [-0.05, 0) is 24.3 Å². The standard InChI is InChI=1S/C16H20N2O3/c1-16(2,3)14-9-12(18-21-14)10-15(19)17-11-5-7-13(20-4)8-6-11/h5-9H,10H2,1-4H3,(H,17,19). The van der Waals surface area contributed by atoms with Gasteiger partial charge in [0, 0.05) is 17.2 Å². The lowest BCUT2D eigenvalue weighted by atomic mass is 9.93. The molecule has 1 amide bonds. The molecule has 5 nitrogen and oxygen atoms in total. The van der Waals surface area contributed by atoms with Crippen LogP contribution in [0.15, 0.2) is 34.9 Å². The summed E-state index contributed by atoms with van der Waals surface area (Å²) in [5, 5.41) is 6.75. The fourth-order valence-electron chi connectivity index (χ4n) is 1.79. The highest BCUT2D eigenvalue weighted by atomic mass is 16.5. The molecular weight excluding hydrogens is 268 g/mol. The van der Waals surface area contributed by atoms with Gasteiger partial charge in [-0.3, -0.25) is 4.79 Å². The molecular formula is C16H20N2O3. The maximum Gasteiger partial charge on any atom is 0.230 e. The molecule has 0 aliphatic rings. The summed E-state index contributed by atoms with van der Waals surface area (Å²) in [5.74, 6) is 1.39. The largest absolute Gasteiger partial charge is 0.497 e. The van der Waals surface area contributed by atoms with Crippen LogP contribution in [0.4, 0.5) is 5.69 Å². The van der Waals surface area contributed by atoms with Crippen molar-refractivity contribution in [3.8, 4) is 5.75 Å². The molecule has 0 atom stereocenters. The van der Waals surface area contributed by atoms with Gasteiger partial charge in [0.2, 0.25) is 5.91 Å². The van der Waals surface area contributed by atoms with E-state index in [0.717, 1.165) is 17.2 Å². The topological polar surface area (TPSA) is 64.4 Å². The summed E-state index contributed by atoms with van der Waals surface area (Å²) < 4.78 is 10.3. The number of carbonyl (C=O) groups is 1. The van der Waals surface area contributed by atoms with Crippen LogP contribution >= 0.6 is 0 Å². The van der Waals surface area contributed by atoms with Crippen LogP contribution in [-0.2, 0) is 16.6 Å². The first-order valence-corrected chi connectivity index (χ1v) is 6.78. The van der Waals surface area contributed by atoms with Crippen LogP contribution in [0.2, 0.25) is 0 Å². The minimum Gasteiger partial charge on any atom is -0.497 e. The Morgan fingerprint density at radius 1 is 1.29 bits per heavy atom. The molecule has 2 aromatic rings. The molecule has 0 spiro atoms. The molecule has 112 valence electrons. The maximum atomic E-state index is 12.0. The smallest absolute Gasteiger partial charge is 0.230 e. The van der Waals surface area contributed by atoms with Gasteiger partial charge in [0.05, 0.1) is 19.2 Å². The van der Waals surface area contributed by atoms with Gasteiger partial charge in [-0.1, -0.05) is 25.9 Å². The van der Waals surface area contributed by atoms with Gasteiger partial charge < -0.3 is 14.6 Å². The van der Waals surface area contributed by atoms with Crippen LogP contribution in [0.3, 0.4) is 0 Å². The number of hydrogen-bond donors (Lipinski definition) is 1. The summed E-state index contributed by atoms with van der Waals surface area (Å²) in [4.78, 5) is 12.0. The molecule has 1 N–H and O–H groups in total. The molecule has 1 aromatic carbocycles. The second-order valence-corrected chi connectivity index (χ2v) is 5.89. The molecule has 0 saturated heterocycles. The quantitative estimate of drug-likeness (QED) is 0.938. The van der Waals surface area contributed by atoms with Crippen LogP contribution < -0.4 is 10.1 Å². The van der Waals surface area contributed by atoms with E-state index in [-0.39, 0.29) is 17.7 Å². The number of hydrogen-bond acceptors (Lipinski definition) is 4. The van der Waals surface area contributed by atoms with Gasteiger partial charge >= 0.3 is 0 Å². The Bertz CT molecular complexity index is 609. The minimum absolute atomic E-state index is 0.113. The molecule has 0 unspecified atom stereocenters. The molecule has 21 heavy (non-hydrogen) atoms. The van der Waals surface area contributed by atoms with Crippen molar-refractivity contribution in [2.75, 3.05) is 12.4 Å². The predicted octanol–water partition coefficient (Wildman–Crippen LogP) is 3.16. The first kappa shape index (κ1) is 15.1. The number of amides is 1. The molecule has 0 radical (unpaired) electrons. The molecule has 1 heterocycles. The van der Waals surface area contributed by atoms with Crippen molar-refractivity contribution >= 4 is 11.6 Å². The lowest BCUT2D eigenvalue weighted by Crippen LogP contribution is -2.14. The highest BCUT2D eigenvalue weighted by Gasteiger charge is 2.20. The van der Waals surface area contributed by atoms with Gasteiger partial charge in [-0.25, -0.2) is 0 Å². The lowest BCUT2D eigenvalue weighted by Gasteiger charge is -2.12. The van der Waals surface area contributed by atoms with Gasteiger partial charge in [0.25, 0.3) is 0 Å². The molecule has 0 aliphatic carbocycles. The van der Waals surface area contributed by atoms with Crippen LogP contribution in [0.5, 0.6) is 5.75 Å². The molecule has 2 rings (SSSR count). The fourth-order valence-corrected chi connectivity index (χ4v) is 1.79. The molecule has 0 saturated carbocycles. The minimum atomic E-state index is -0.131. The first-order valence-electron chi connectivity index (χ1n) is 6.78. The number of ether oxygens (including phenoxy) is 1. The Morgan fingerprint density at radius 2 is 1.95 bits per heavy atom. The summed E-state index contributed by atoms with van der Waals surface area (Å²) in [5.41, 5.74) is 1.24. The zero-order valence-electron chi connectivity index (χ0n) is 12.8. The Morgan fingerprint density at radius 3 is 2.48 bits per heavy atom. The second-order valence-electron chi connectivity index (χ2n) is 5.89. The molecule has 0 aliphatic heterocycles. The van der Waals surface area contributed by atoms with E-state index in [1.165, 1.54) is 0 Å². The Balaban J connectivity index is 1.96. The summed E-state index contributed by atoms with van der Waals surface area (Å²) in [7, 11) is 1.60. The van der Waals surface area contributed by atoms with E-state index in [0.29, 0.717) is 5.69 Å². The van der Waals surface area contributed by atoms with Crippen molar-refractivity contribution in [3.63, 3.8) is 0 Å². The molecule has 0 bridgehead atoms. The van der Waals surface area contributed by atoms with E-state index in [1.54, 1.807) is 31.4 Å². The lowest BCUT2D eigenvalue weighted by molar-refractivity contribution is -0.115. The van der Waals surface area contributed by atoms with Gasteiger partial charge in [-0.15, -0.1) is 0 Å². The van der Waals surface area contributed by atoms with Crippen molar-refractivity contribution in [2.45, 2.75) is 32.6 Å². The van der Waals surface area contributed by atoms with E-state index in [9.17, 15) is 4.79 Å². The number of benzene rings is 1. The summed E-state index contributed by atoms with van der Waals surface area (Å²) in [6, 6.07) is 9.00. The number of nitrogens with zero attached hydrogens (tertiary/aromatic N) is 1. The van der Waals surface area contributed by atoms with Gasteiger partial charge in [-0.2, -0.15) is 0 Å². The normalized spacial score (nSPS) is 11.2. The zero-order chi connectivity index (χ0) is 15.5. The van der Waals surface area contributed by atoms with Crippen LogP contribution in [0.25, 0.3) is 0 Å². The van der Waals surface area contributed by atoms with E-state index >= 15 is 0 Å². The average Bonchev–Trinajstić information content (AvgIpc) is 2.88. The van der Waals surface area contributed by atoms with E-state index in [4.69, 9.17) is 9.26 Å². The zero-order valence-corrected chi connectivity index (χ0v) is 12.8. The Kier molecular flexibility index (Phi) is 4.31. The monoisotopic (exact) mass is 288 g/mol. The van der Waals surface area contributed by atoms with E-state index in [1.807, 2.05) is 26.8 Å². The van der Waals surface area contributed by atoms with Gasteiger partial charge in [0.15, 0.2) is 0 Å². The van der Waals surface area contributed by atoms with E-state index < -0.39 is 0 Å². The third-order valence-corrected chi connectivity index (χ3v) is 3.01. The molecule has 0 fully saturated rings. The second kappa shape index (κ2) is 5.99. The number of aromatic nitrogens is 1. The molecule has 5 heteroatoms. The van der Waals surface area contributed by atoms with E-state index in [2.05, 4.69) is 10.5 Å². The molecule has 1 aromatic heterocycles. The number of carbonyl (C=O) groups excluding carboxylic acids is 1. The van der Waals surface area contributed by atoms with Crippen molar-refractivity contribution < 1.29 is 14.1 Å². The van der Waals surface area contributed by atoms with Crippen molar-refractivity contribution in [2.24, 2.45) is 0 Å². The summed E-state index contributed by atoms with van der Waals surface area (Å²) in [6.45, 7) is 6.11. The first-order chi connectivity index (χ1) is 9.88. The average molecular weight is 288 g/mol. The SMILES string of the molecule is COc1ccc(NC(=O)Cc2cc(C(C)(C)C)on2)cc1. The van der Waals surface area contributed by atoms with Crippen molar-refractivity contribution in [3.05, 3.63) is 41.8 Å². The van der Waals surface area contributed by atoms with Crippen LogP contribution in [0, 0.1) is 0 Å². The summed E-state index contributed by atoms with van der Waals surface area (Å²) in [6.07, 6.45) is 0.186. The Hall–Kier alpha value is -2.30. The predicted molar refractivity (Wildman–Crippen MR) is 80.5 cm³/mol. The Labute approximate surface area is 124 Å². The number of methoxy groups -OCH3 is 1. The van der Waals surface area contributed by atoms with Crippen LogP contribution in [-0.4, -0.2) is 18.2 Å². The maximum absolute atomic E-state index is 12.0. The van der Waals surface area contributed by atoms with Crippen LogP contribution in [0.1, 0.15) is 32.2 Å². The van der Waals surface area contributed by atoms with Crippen molar-refractivity contribution in [1.82, 2.24) is 5.16 Å². The summed E-state index contributed by atoms with van der Waals surface area (Å²) >= 11 is 0. The number of rotatable bonds is 4. The third-order valence-electron chi connectivity index (χ3n) is 3.01. The third kappa shape index (κ3) is 4.08. The fraction of sp³-hybridized carbons (Fsp3) is 0.375. The van der Waals surface area contributed by atoms with Crippen molar-refractivity contribution in [1.29, 1.82) is 0 Å². The highest BCUT2D eigenvalue weighted by Crippen LogP contribution is 2.23. The number of anilines is 1. The van der Waals surface area contributed by atoms with Gasteiger partial charge in [0.1, 0.15) is 11.5 Å². The highest BCUT2D eigenvalue weighted by molar-refractivity contribution is 5.92.